The van der Waals surface area contributed by atoms with Gasteiger partial charge in [-0.2, -0.15) is 0 Å². The standard InChI is InChI=1S/C27H23Cl3N2O5S/c28-18-4-1-5-20(14-18)38(35,36)32-16-19(15-31-11-3-8-26(31)34)37-25-10-9-17(12-23(25)32)13-24(33)27-21(29)6-2-7-22(27)30/h1-2,4-7,9-10,12,14,19H,3,8,11,13,15-16H2/t19-/m0/s1. The second kappa shape index (κ2) is 10.8. The molecule has 1 amide bonds. The molecule has 5 rings (SSSR count). The number of carbonyl (C=O) groups is 2. The summed E-state index contributed by atoms with van der Waals surface area (Å²) in [7, 11) is -4.05. The average molecular weight is 594 g/mol. The van der Waals surface area contributed by atoms with Crippen LogP contribution in [0.4, 0.5) is 5.69 Å². The third kappa shape index (κ3) is 5.36. The second-order valence-electron chi connectivity index (χ2n) is 9.18. The Labute approximate surface area is 235 Å². The largest absolute Gasteiger partial charge is 0.484 e. The molecule has 2 aliphatic rings. The molecule has 0 bridgehead atoms. The number of Topliss-reactive ketones (excluding diaryl/α,β-unsaturated/α-hetero) is 1. The molecule has 3 aromatic rings. The Balaban J connectivity index is 1.51. The number of fused-ring (bicyclic) bond motifs is 1. The van der Waals surface area contributed by atoms with Crippen LogP contribution in [0.1, 0.15) is 28.8 Å². The van der Waals surface area contributed by atoms with Crippen LogP contribution in [0.2, 0.25) is 15.1 Å². The zero-order chi connectivity index (χ0) is 27.0. The SMILES string of the molecule is O=C(Cc1ccc2c(c1)N(S(=O)(=O)c1cccc(Cl)c1)C[C@H](CN1CCCC1=O)O2)c1c(Cl)cccc1Cl. The quantitative estimate of drug-likeness (QED) is 0.331. The van der Waals surface area contributed by atoms with E-state index in [-0.39, 0.29) is 56.7 Å². The molecule has 0 aliphatic carbocycles. The monoisotopic (exact) mass is 592 g/mol. The Bertz CT molecular complexity index is 1510. The van der Waals surface area contributed by atoms with Gasteiger partial charge in [0.05, 0.1) is 39.3 Å². The Morgan fingerprint density at radius 2 is 1.74 bits per heavy atom. The summed E-state index contributed by atoms with van der Waals surface area (Å²) in [5.74, 6) is 0.0631. The molecule has 7 nitrogen and oxygen atoms in total. The van der Waals surface area contributed by atoms with E-state index in [9.17, 15) is 18.0 Å². The van der Waals surface area contributed by atoms with Crippen molar-refractivity contribution in [1.82, 2.24) is 4.90 Å². The summed E-state index contributed by atoms with van der Waals surface area (Å²) in [5.41, 5.74) is 1.07. The number of hydrogen-bond donors (Lipinski definition) is 0. The van der Waals surface area contributed by atoms with Crippen molar-refractivity contribution in [2.45, 2.75) is 30.3 Å². The zero-order valence-corrected chi connectivity index (χ0v) is 23.2. The van der Waals surface area contributed by atoms with E-state index in [1.54, 1.807) is 53.4 Å². The summed E-state index contributed by atoms with van der Waals surface area (Å²) in [6.45, 7) is 0.864. The van der Waals surface area contributed by atoms with Crippen molar-refractivity contribution >= 4 is 62.2 Å². The number of hydrogen-bond acceptors (Lipinski definition) is 5. The van der Waals surface area contributed by atoms with Gasteiger partial charge < -0.3 is 9.64 Å². The molecule has 2 heterocycles. The van der Waals surface area contributed by atoms with Gasteiger partial charge in [-0.25, -0.2) is 8.42 Å². The minimum atomic E-state index is -4.05. The summed E-state index contributed by atoms with van der Waals surface area (Å²) in [6.07, 6.45) is 0.612. The van der Waals surface area contributed by atoms with Crippen LogP contribution in [0, 0.1) is 0 Å². The van der Waals surface area contributed by atoms with Crippen molar-refractivity contribution in [3.05, 3.63) is 86.9 Å². The van der Waals surface area contributed by atoms with Crippen LogP contribution in [0.3, 0.4) is 0 Å². The van der Waals surface area contributed by atoms with Crippen molar-refractivity contribution < 1.29 is 22.7 Å². The highest BCUT2D eigenvalue weighted by Crippen LogP contribution is 2.39. The van der Waals surface area contributed by atoms with Gasteiger partial charge in [-0.1, -0.05) is 53.0 Å². The van der Waals surface area contributed by atoms with Crippen LogP contribution in [0.15, 0.2) is 65.6 Å². The van der Waals surface area contributed by atoms with Crippen LogP contribution in [-0.2, 0) is 21.2 Å². The maximum atomic E-state index is 13.8. The predicted molar refractivity (Wildman–Crippen MR) is 147 cm³/mol. The molecule has 0 radical (unpaired) electrons. The number of likely N-dealkylation sites (tertiary alicyclic amines) is 1. The number of halogens is 3. The molecule has 1 saturated heterocycles. The van der Waals surface area contributed by atoms with Crippen LogP contribution in [0.5, 0.6) is 5.75 Å². The molecule has 0 saturated carbocycles. The van der Waals surface area contributed by atoms with Crippen molar-refractivity contribution in [3.63, 3.8) is 0 Å². The van der Waals surface area contributed by atoms with Gasteiger partial charge in [0.25, 0.3) is 10.0 Å². The van der Waals surface area contributed by atoms with E-state index in [0.29, 0.717) is 30.0 Å². The number of rotatable bonds is 7. The van der Waals surface area contributed by atoms with Gasteiger partial charge in [0.15, 0.2) is 5.78 Å². The molecule has 11 heteroatoms. The fraction of sp³-hybridized carbons (Fsp3) is 0.259. The summed E-state index contributed by atoms with van der Waals surface area (Å²) in [6, 6.07) is 15.8. The third-order valence-corrected chi connectivity index (χ3v) is 9.18. The molecule has 1 fully saturated rings. The van der Waals surface area contributed by atoms with Crippen molar-refractivity contribution in [3.8, 4) is 5.75 Å². The minimum absolute atomic E-state index is 0.0145. The Morgan fingerprint density at radius 3 is 2.42 bits per heavy atom. The number of benzene rings is 3. The van der Waals surface area contributed by atoms with Gasteiger partial charge in [0.1, 0.15) is 11.9 Å². The lowest BCUT2D eigenvalue weighted by Gasteiger charge is -2.37. The Kier molecular flexibility index (Phi) is 7.60. The molecule has 0 N–H and O–H groups in total. The van der Waals surface area contributed by atoms with Gasteiger partial charge in [0.2, 0.25) is 5.91 Å². The maximum absolute atomic E-state index is 13.8. The average Bonchev–Trinajstić information content (AvgIpc) is 3.27. The van der Waals surface area contributed by atoms with Crippen molar-refractivity contribution in [2.75, 3.05) is 23.9 Å². The molecule has 0 spiro atoms. The molecule has 0 aromatic heterocycles. The predicted octanol–water partition coefficient (Wildman–Crippen LogP) is 5.65. The number of ketones is 1. The first-order valence-corrected chi connectivity index (χ1v) is 14.5. The minimum Gasteiger partial charge on any atom is -0.484 e. The van der Waals surface area contributed by atoms with Crippen LogP contribution >= 0.6 is 34.8 Å². The fourth-order valence-electron chi connectivity index (χ4n) is 4.73. The first kappa shape index (κ1) is 26.8. The highest BCUT2D eigenvalue weighted by molar-refractivity contribution is 7.92. The van der Waals surface area contributed by atoms with Gasteiger partial charge in [0, 0.05) is 24.4 Å². The van der Waals surface area contributed by atoms with E-state index >= 15 is 0 Å². The second-order valence-corrected chi connectivity index (χ2v) is 12.3. The van der Waals surface area contributed by atoms with E-state index in [0.717, 1.165) is 6.42 Å². The van der Waals surface area contributed by atoms with E-state index in [1.807, 2.05) is 0 Å². The molecule has 2 aliphatic heterocycles. The van der Waals surface area contributed by atoms with E-state index in [2.05, 4.69) is 0 Å². The number of anilines is 1. The number of ether oxygens (including phenoxy) is 1. The molecular formula is C27H23Cl3N2O5S. The first-order chi connectivity index (χ1) is 18.1. The number of carbonyl (C=O) groups excluding carboxylic acids is 2. The zero-order valence-electron chi connectivity index (χ0n) is 20.1. The molecular weight excluding hydrogens is 571 g/mol. The maximum Gasteiger partial charge on any atom is 0.264 e. The van der Waals surface area contributed by atoms with E-state index in [1.165, 1.54) is 16.4 Å². The van der Waals surface area contributed by atoms with Crippen molar-refractivity contribution in [2.24, 2.45) is 0 Å². The van der Waals surface area contributed by atoms with Gasteiger partial charge in [-0.05, 0) is 54.4 Å². The highest BCUT2D eigenvalue weighted by Gasteiger charge is 2.37. The smallest absolute Gasteiger partial charge is 0.264 e. The summed E-state index contributed by atoms with van der Waals surface area (Å²) < 4.78 is 35.1. The van der Waals surface area contributed by atoms with E-state index in [4.69, 9.17) is 39.5 Å². The van der Waals surface area contributed by atoms with Gasteiger partial charge in [-0.15, -0.1) is 0 Å². The van der Waals surface area contributed by atoms with E-state index < -0.39 is 16.1 Å². The molecule has 1 atom stereocenters. The van der Waals surface area contributed by atoms with Gasteiger partial charge in [-0.3, -0.25) is 13.9 Å². The lowest BCUT2D eigenvalue weighted by atomic mass is 10.0. The normalized spacial score (nSPS) is 17.3. The number of amides is 1. The third-order valence-electron chi connectivity index (χ3n) is 6.54. The summed E-state index contributed by atoms with van der Waals surface area (Å²) in [4.78, 5) is 27.0. The van der Waals surface area contributed by atoms with Crippen LogP contribution < -0.4 is 9.04 Å². The molecule has 38 heavy (non-hydrogen) atoms. The number of sulfonamides is 1. The molecule has 198 valence electrons. The topological polar surface area (TPSA) is 84.0 Å². The van der Waals surface area contributed by atoms with Crippen molar-refractivity contribution in [1.29, 1.82) is 0 Å². The first-order valence-electron chi connectivity index (χ1n) is 12.0. The Hall–Kier alpha value is -2.78. The molecule has 3 aromatic carbocycles. The van der Waals surface area contributed by atoms with Crippen LogP contribution in [-0.4, -0.2) is 50.7 Å². The summed E-state index contributed by atoms with van der Waals surface area (Å²) >= 11 is 18.5. The lowest BCUT2D eigenvalue weighted by molar-refractivity contribution is -0.128. The Morgan fingerprint density at radius 1 is 1.00 bits per heavy atom. The summed E-state index contributed by atoms with van der Waals surface area (Å²) in [5, 5.41) is 0.774. The molecule has 0 unspecified atom stereocenters. The van der Waals surface area contributed by atoms with Crippen LogP contribution in [0.25, 0.3) is 0 Å². The van der Waals surface area contributed by atoms with Gasteiger partial charge >= 0.3 is 0 Å². The lowest BCUT2D eigenvalue weighted by Crippen LogP contribution is -2.48. The number of nitrogens with zero attached hydrogens (tertiary/aromatic N) is 2. The highest BCUT2D eigenvalue weighted by atomic mass is 35.5. The fourth-order valence-corrected chi connectivity index (χ4v) is 7.13.